The highest BCUT2D eigenvalue weighted by molar-refractivity contribution is 6.36. The first-order valence-corrected chi connectivity index (χ1v) is 12.3. The van der Waals surface area contributed by atoms with Crippen LogP contribution in [0.5, 0.6) is 5.75 Å². The molecule has 0 bridgehead atoms. The van der Waals surface area contributed by atoms with Gasteiger partial charge in [0.15, 0.2) is 11.6 Å². The number of piperazine rings is 1. The molecule has 1 saturated heterocycles. The van der Waals surface area contributed by atoms with E-state index in [0.29, 0.717) is 28.2 Å². The molecule has 0 saturated carbocycles. The van der Waals surface area contributed by atoms with Gasteiger partial charge in [0, 0.05) is 59.7 Å². The number of methoxy groups -OCH3 is 1. The number of H-pyrrole nitrogens is 1. The van der Waals surface area contributed by atoms with Gasteiger partial charge in [0.25, 0.3) is 0 Å². The van der Waals surface area contributed by atoms with Crippen molar-refractivity contribution < 1.29 is 4.74 Å². The number of amidine groups is 1. The molecule has 2 aliphatic heterocycles. The highest BCUT2D eigenvalue weighted by Crippen LogP contribution is 2.35. The lowest BCUT2D eigenvalue weighted by molar-refractivity contribution is 0.312. The van der Waals surface area contributed by atoms with Gasteiger partial charge in [-0.15, -0.1) is 0 Å². The molecule has 0 amide bonds. The van der Waals surface area contributed by atoms with Crippen molar-refractivity contribution >= 4 is 40.4 Å². The average molecular weight is 514 g/mol. The molecule has 0 radical (unpaired) electrons. The zero-order valence-electron chi connectivity index (χ0n) is 19.7. The number of ether oxygens (including phenoxy) is 1. The van der Waals surface area contributed by atoms with Gasteiger partial charge < -0.3 is 30.2 Å². The normalized spacial score (nSPS) is 21.4. The number of rotatable bonds is 5. The third-order valence-electron chi connectivity index (χ3n) is 6.57. The molecular weight excluding hydrogens is 485 g/mol. The minimum absolute atomic E-state index is 0.300. The minimum atomic E-state index is -1.15. The number of aromatic amines is 1. The first kappa shape index (κ1) is 23.8. The predicted molar refractivity (Wildman–Crippen MR) is 143 cm³/mol. The molecule has 2 aliphatic rings. The lowest BCUT2D eigenvalue weighted by Crippen LogP contribution is -2.61. The Bertz CT molecular complexity index is 1230. The van der Waals surface area contributed by atoms with Gasteiger partial charge in [-0.3, -0.25) is 10.7 Å². The summed E-state index contributed by atoms with van der Waals surface area (Å²) in [5.74, 6) is 0.147. The summed E-state index contributed by atoms with van der Waals surface area (Å²) in [5, 5.41) is 7.92. The van der Waals surface area contributed by atoms with Crippen LogP contribution in [0.4, 0.5) is 11.4 Å². The van der Waals surface area contributed by atoms with E-state index in [9.17, 15) is 0 Å². The summed E-state index contributed by atoms with van der Waals surface area (Å²) in [7, 11) is 3.81. The SMILES string of the molecule is COc1cc(N2CCN(C)CC2)ccc1C1(N)NC(=NCc2c(Cl)cccc2Cl)c2[nH]ccc2N1. The Labute approximate surface area is 215 Å². The second kappa shape index (κ2) is 9.62. The second-order valence-corrected chi connectivity index (χ2v) is 9.68. The fourth-order valence-electron chi connectivity index (χ4n) is 4.52. The maximum absolute atomic E-state index is 6.93. The summed E-state index contributed by atoms with van der Waals surface area (Å²) in [4.78, 5) is 12.7. The Hall–Kier alpha value is -2.91. The number of hydrogen-bond donors (Lipinski definition) is 4. The number of nitrogens with zero attached hydrogens (tertiary/aromatic N) is 3. The summed E-state index contributed by atoms with van der Waals surface area (Å²) < 4.78 is 5.80. The summed E-state index contributed by atoms with van der Waals surface area (Å²) in [6.45, 7) is 4.29. The van der Waals surface area contributed by atoms with E-state index in [2.05, 4.69) is 38.5 Å². The van der Waals surface area contributed by atoms with Crippen LogP contribution in [0.1, 0.15) is 16.8 Å². The van der Waals surface area contributed by atoms with E-state index in [-0.39, 0.29) is 0 Å². The second-order valence-electron chi connectivity index (χ2n) is 8.86. The molecule has 0 aliphatic carbocycles. The number of nitrogens with one attached hydrogen (secondary N) is 3. The van der Waals surface area contributed by atoms with Crippen molar-refractivity contribution in [2.75, 3.05) is 50.6 Å². The Kier molecular flexibility index (Phi) is 6.55. The summed E-state index contributed by atoms with van der Waals surface area (Å²) in [5.41, 5.74) is 11.2. The highest BCUT2D eigenvalue weighted by atomic mass is 35.5. The molecule has 5 rings (SSSR count). The van der Waals surface area contributed by atoms with E-state index in [4.69, 9.17) is 38.7 Å². The zero-order valence-corrected chi connectivity index (χ0v) is 21.2. The number of halogens is 2. The van der Waals surface area contributed by atoms with Crippen LogP contribution in [0.25, 0.3) is 0 Å². The zero-order chi connectivity index (χ0) is 24.6. The largest absolute Gasteiger partial charge is 0.496 e. The molecule has 10 heteroatoms. The van der Waals surface area contributed by atoms with Gasteiger partial charge in [0.05, 0.1) is 24.9 Å². The number of hydrogen-bond acceptors (Lipinski definition) is 6. The Morgan fingerprint density at radius 2 is 1.80 bits per heavy atom. The maximum Gasteiger partial charge on any atom is 0.194 e. The van der Waals surface area contributed by atoms with E-state index in [0.717, 1.165) is 54.4 Å². The van der Waals surface area contributed by atoms with Crippen molar-refractivity contribution in [2.45, 2.75) is 12.3 Å². The average Bonchev–Trinajstić information content (AvgIpc) is 3.32. The van der Waals surface area contributed by atoms with Gasteiger partial charge in [0.2, 0.25) is 0 Å². The van der Waals surface area contributed by atoms with Gasteiger partial charge in [-0.05, 0) is 37.4 Å². The van der Waals surface area contributed by atoms with E-state index in [1.807, 2.05) is 30.5 Å². The van der Waals surface area contributed by atoms with Crippen LogP contribution in [0.3, 0.4) is 0 Å². The van der Waals surface area contributed by atoms with Gasteiger partial charge in [-0.1, -0.05) is 29.3 Å². The molecule has 1 unspecified atom stereocenters. The number of aliphatic imine (C=N–C) groups is 1. The molecule has 3 heterocycles. The fourth-order valence-corrected chi connectivity index (χ4v) is 5.04. The van der Waals surface area contributed by atoms with Crippen LogP contribution in [-0.4, -0.2) is 56.1 Å². The van der Waals surface area contributed by atoms with Gasteiger partial charge >= 0.3 is 0 Å². The van der Waals surface area contributed by atoms with Crippen molar-refractivity contribution in [3.63, 3.8) is 0 Å². The van der Waals surface area contributed by atoms with E-state index in [1.54, 1.807) is 19.2 Å². The monoisotopic (exact) mass is 513 g/mol. The van der Waals surface area contributed by atoms with Crippen LogP contribution >= 0.6 is 23.2 Å². The van der Waals surface area contributed by atoms with Crippen LogP contribution in [0.2, 0.25) is 10.0 Å². The standard InChI is InChI=1S/C25H29Cl2N7O/c1-33-10-12-34(13-11-33)16-6-7-18(22(14-16)35-2)25(28)31-21-8-9-29-23(21)24(32-25)30-15-17-19(26)4-3-5-20(17)27/h3-9,14,29,31H,10-13,15,28H2,1-2H3,(H,30,32). The lowest BCUT2D eigenvalue weighted by Gasteiger charge is -2.39. The predicted octanol–water partition coefficient (Wildman–Crippen LogP) is 3.81. The summed E-state index contributed by atoms with van der Waals surface area (Å²) >= 11 is 12.7. The first-order chi connectivity index (χ1) is 16.9. The minimum Gasteiger partial charge on any atom is -0.496 e. The number of anilines is 2. The molecule has 8 nitrogen and oxygen atoms in total. The molecule has 184 valence electrons. The molecule has 1 fully saturated rings. The molecule has 3 aromatic rings. The number of likely N-dealkylation sites (N-methyl/N-ethyl adjacent to an activating group) is 1. The van der Waals surface area contributed by atoms with Crippen molar-refractivity contribution in [1.29, 1.82) is 0 Å². The van der Waals surface area contributed by atoms with E-state index < -0.39 is 5.79 Å². The first-order valence-electron chi connectivity index (χ1n) is 11.5. The molecule has 2 aromatic carbocycles. The van der Waals surface area contributed by atoms with Crippen LogP contribution in [0, 0.1) is 0 Å². The number of benzene rings is 2. The van der Waals surface area contributed by atoms with Crippen molar-refractivity contribution in [2.24, 2.45) is 10.7 Å². The Morgan fingerprint density at radius 3 is 2.51 bits per heavy atom. The van der Waals surface area contributed by atoms with Crippen LogP contribution < -0.4 is 26.0 Å². The topological polar surface area (TPSA) is 93.9 Å². The third-order valence-corrected chi connectivity index (χ3v) is 7.27. The number of nitrogens with two attached hydrogens (primary N) is 1. The number of aromatic nitrogens is 1. The quantitative estimate of drug-likeness (QED) is 0.414. The number of fused-ring (bicyclic) bond motifs is 1. The molecule has 35 heavy (non-hydrogen) atoms. The third kappa shape index (κ3) is 4.67. The van der Waals surface area contributed by atoms with E-state index in [1.165, 1.54) is 0 Å². The van der Waals surface area contributed by atoms with Crippen LogP contribution in [0.15, 0.2) is 53.7 Å². The summed E-state index contributed by atoms with van der Waals surface area (Å²) in [6, 6.07) is 13.5. The van der Waals surface area contributed by atoms with Gasteiger partial charge in [0.1, 0.15) is 11.4 Å². The Morgan fingerprint density at radius 1 is 1.06 bits per heavy atom. The molecule has 1 atom stereocenters. The van der Waals surface area contributed by atoms with E-state index >= 15 is 0 Å². The van der Waals surface area contributed by atoms with Gasteiger partial charge in [-0.2, -0.15) is 0 Å². The summed E-state index contributed by atoms with van der Waals surface area (Å²) in [6.07, 6.45) is 1.84. The van der Waals surface area contributed by atoms with Crippen molar-refractivity contribution in [3.05, 3.63) is 75.5 Å². The highest BCUT2D eigenvalue weighted by Gasteiger charge is 2.37. The molecule has 5 N–H and O–H groups in total. The Balaban J connectivity index is 1.47. The van der Waals surface area contributed by atoms with Crippen molar-refractivity contribution in [3.8, 4) is 5.75 Å². The molecular formula is C25H29Cl2N7O. The molecule has 1 aromatic heterocycles. The van der Waals surface area contributed by atoms with Gasteiger partial charge in [-0.25, -0.2) is 0 Å². The fraction of sp³-hybridized carbons (Fsp3) is 0.320. The molecule has 0 spiro atoms. The smallest absolute Gasteiger partial charge is 0.194 e. The van der Waals surface area contributed by atoms with Crippen LogP contribution in [-0.2, 0) is 12.3 Å². The lowest BCUT2D eigenvalue weighted by atomic mass is 10.0. The van der Waals surface area contributed by atoms with Crippen molar-refractivity contribution in [1.82, 2.24) is 15.2 Å². The maximum atomic E-state index is 6.93.